The summed E-state index contributed by atoms with van der Waals surface area (Å²) in [6.07, 6.45) is -9.71. The van der Waals surface area contributed by atoms with Crippen LogP contribution in [-0.4, -0.2) is 126 Å². The SMILES string of the molecule is CC(C)(C)[NH3+].CC(C)(C)[NH3+].CC(C)(C)[NH3+].Nc1ncnc2c1ncn2[C@@H]1O[C@H](COP(=O)([O-])Cc2nc3c(ncn3[C@@H]3O[C@H](COP(=O)([O-])[O-])[C@@H](O)[C@H]3O)c(=O)[nH]2)[C@@H](O)[C@H]1O. The van der Waals surface area contributed by atoms with Crippen LogP contribution in [-0.2, 0) is 33.8 Å². The summed E-state index contributed by atoms with van der Waals surface area (Å²) in [6.45, 7) is 17.0. The third kappa shape index (κ3) is 16.3. The molecule has 0 amide bonds. The number of hydrogen-bond donors (Lipinski definition) is 9. The van der Waals surface area contributed by atoms with Gasteiger partial charge in [0.05, 0.1) is 56.5 Å². The summed E-state index contributed by atoms with van der Waals surface area (Å²) in [6, 6.07) is 0. The van der Waals surface area contributed by atoms with Crippen molar-refractivity contribution in [1.82, 2.24) is 39.0 Å². The van der Waals surface area contributed by atoms with E-state index in [-0.39, 0.29) is 44.8 Å². The summed E-state index contributed by atoms with van der Waals surface area (Å²) in [7, 11) is -10.3. The molecule has 9 atom stereocenters. The molecule has 4 aromatic heterocycles. The van der Waals surface area contributed by atoms with Crippen LogP contribution in [0.2, 0.25) is 0 Å². The van der Waals surface area contributed by atoms with Crippen LogP contribution in [0.5, 0.6) is 0 Å². The minimum Gasteiger partial charge on any atom is -0.790 e. The fourth-order valence-electron chi connectivity index (χ4n) is 5.06. The van der Waals surface area contributed by atoms with Gasteiger partial charge in [-0.25, -0.2) is 24.9 Å². The van der Waals surface area contributed by atoms with Crippen molar-refractivity contribution < 1.29 is 80.0 Å². The van der Waals surface area contributed by atoms with Crippen molar-refractivity contribution in [2.45, 2.75) is 134 Å². The first kappa shape index (κ1) is 51.9. The molecule has 2 aliphatic heterocycles. The molecular formula is C33H60N12O14P2. The van der Waals surface area contributed by atoms with Crippen LogP contribution in [0.4, 0.5) is 5.82 Å². The van der Waals surface area contributed by atoms with E-state index in [2.05, 4.69) is 114 Å². The molecule has 1 unspecified atom stereocenters. The average Bonchev–Trinajstić information content (AvgIpc) is 3.82. The highest BCUT2D eigenvalue weighted by Gasteiger charge is 2.46. The largest absolute Gasteiger partial charge is 0.790 e. The van der Waals surface area contributed by atoms with E-state index in [0.717, 1.165) is 17.2 Å². The number of nitrogens with zero attached hydrogens (tertiary/aromatic N) is 7. The molecule has 0 bridgehead atoms. The zero-order chi connectivity index (χ0) is 46.6. The molecule has 0 aliphatic carbocycles. The van der Waals surface area contributed by atoms with Crippen LogP contribution in [0.15, 0.2) is 23.8 Å². The second kappa shape index (κ2) is 20.0. The molecule has 0 radical (unpaired) electrons. The number of rotatable bonds is 10. The third-order valence-electron chi connectivity index (χ3n) is 7.27. The van der Waals surface area contributed by atoms with Crippen molar-refractivity contribution in [1.29, 1.82) is 0 Å². The van der Waals surface area contributed by atoms with Crippen LogP contribution in [0.3, 0.4) is 0 Å². The van der Waals surface area contributed by atoms with Gasteiger partial charge in [0.25, 0.3) is 5.56 Å². The Kier molecular flexibility index (Phi) is 17.0. The number of phosphoric ester groups is 1. The first-order chi connectivity index (χ1) is 27.6. The molecule has 2 aliphatic rings. The van der Waals surface area contributed by atoms with Gasteiger partial charge < -0.3 is 90.7 Å². The number of hydrogen-bond acceptors (Lipinski definition) is 20. The number of aliphatic hydroxyl groups excluding tert-OH is 4. The highest BCUT2D eigenvalue weighted by atomic mass is 31.2. The molecular weight excluding hydrogens is 850 g/mol. The second-order valence-corrected chi connectivity index (χ2v) is 21.0. The van der Waals surface area contributed by atoms with Crippen molar-refractivity contribution >= 4 is 43.6 Å². The lowest BCUT2D eigenvalue weighted by molar-refractivity contribution is -0.459. The van der Waals surface area contributed by atoms with E-state index in [4.69, 9.17) is 19.7 Å². The fourth-order valence-corrected chi connectivity index (χ4v) is 6.37. The minimum atomic E-state index is -5.43. The third-order valence-corrected chi connectivity index (χ3v) is 8.96. The number of aliphatic hydroxyl groups is 4. The van der Waals surface area contributed by atoms with Crippen LogP contribution < -0.4 is 43.2 Å². The first-order valence-electron chi connectivity index (χ1n) is 18.7. The molecule has 6 heterocycles. The van der Waals surface area contributed by atoms with E-state index in [0.29, 0.717) is 0 Å². The number of ether oxygens (including phenoxy) is 2. The zero-order valence-electron chi connectivity index (χ0n) is 35.6. The molecule has 61 heavy (non-hydrogen) atoms. The van der Waals surface area contributed by atoms with Gasteiger partial charge in [0.1, 0.15) is 61.9 Å². The quantitative estimate of drug-likeness (QED) is 0.0671. The summed E-state index contributed by atoms with van der Waals surface area (Å²) in [5.41, 5.74) is 16.8. The Morgan fingerprint density at radius 2 is 1.16 bits per heavy atom. The lowest BCUT2D eigenvalue weighted by atomic mass is 10.1. The van der Waals surface area contributed by atoms with Crippen molar-refractivity contribution in [2.24, 2.45) is 0 Å². The topological polar surface area (TPSA) is 437 Å². The summed E-state index contributed by atoms with van der Waals surface area (Å²) < 4.78 is 46.2. The Morgan fingerprint density at radius 3 is 1.62 bits per heavy atom. The number of H-pyrrole nitrogens is 1. The molecule has 0 saturated carbocycles. The zero-order valence-corrected chi connectivity index (χ0v) is 37.4. The number of nitrogens with two attached hydrogens (primary N) is 1. The smallest absolute Gasteiger partial charge is 0.279 e. The normalized spacial score (nSPS) is 25.6. The molecule has 26 nitrogen and oxygen atoms in total. The second-order valence-electron chi connectivity index (χ2n) is 18.0. The maximum atomic E-state index is 12.9. The van der Waals surface area contributed by atoms with Gasteiger partial charge in [-0.15, -0.1) is 0 Å². The molecule has 0 aromatic carbocycles. The van der Waals surface area contributed by atoms with E-state index in [1.165, 1.54) is 10.9 Å². The minimum absolute atomic E-state index is 0.0638. The molecule has 2 saturated heterocycles. The number of aromatic amines is 1. The van der Waals surface area contributed by atoms with Crippen molar-refractivity contribution in [3.05, 3.63) is 35.2 Å². The van der Waals surface area contributed by atoms with Crippen molar-refractivity contribution in [3.63, 3.8) is 0 Å². The highest BCUT2D eigenvalue weighted by molar-refractivity contribution is 7.50. The van der Waals surface area contributed by atoms with Crippen molar-refractivity contribution in [2.75, 3.05) is 18.9 Å². The summed E-state index contributed by atoms with van der Waals surface area (Å²) in [4.78, 5) is 69.3. The number of nitrogen functional groups attached to an aromatic ring is 1. The predicted molar refractivity (Wildman–Crippen MR) is 208 cm³/mol. The van der Waals surface area contributed by atoms with Crippen LogP contribution in [0.25, 0.3) is 22.3 Å². The molecule has 16 N–H and O–H groups in total. The van der Waals surface area contributed by atoms with Crippen molar-refractivity contribution in [3.8, 4) is 0 Å². The Bertz CT molecular complexity index is 2170. The van der Waals surface area contributed by atoms with Gasteiger partial charge in [0.2, 0.25) is 0 Å². The van der Waals surface area contributed by atoms with E-state index in [1.807, 2.05) is 0 Å². The molecule has 28 heteroatoms. The van der Waals surface area contributed by atoms with E-state index in [9.17, 15) is 49.0 Å². The number of phosphoric acid groups is 1. The number of aromatic nitrogens is 8. The van der Waals surface area contributed by atoms with Gasteiger partial charge in [-0.2, -0.15) is 0 Å². The first-order valence-corrected chi connectivity index (χ1v) is 21.9. The Balaban J connectivity index is 0.000000569. The number of anilines is 1. The van der Waals surface area contributed by atoms with E-state index in [1.54, 1.807) is 0 Å². The summed E-state index contributed by atoms with van der Waals surface area (Å²) in [5.74, 6) is -0.369. The Labute approximate surface area is 350 Å². The number of quaternary nitrogens is 3. The standard InChI is InChI=1S/C21H27N9O14P2.3C4H11N/c22-16-10-17(24-4-23-16)29(5-25-10)20-14(33)12(31)7(43-20)1-41-45(36,37)3-9-27-18-11(19(35)28-9)26-6-30(18)21-15(34)13(32)8(44-21)2-42-46(38,39)40;3*1-4(2,3)5/h4-8,12-15,20-21,31-34H,1-3H2,(H,36,37)(H2,22,23,24)(H,27,28,35)(H2,38,39,40);3*5H2,1-3H3/t7-,8-,12-,13-,14-,15-,20-,21-;;;/m1.../s1. The van der Waals surface area contributed by atoms with Gasteiger partial charge in [-0.05, 0) is 62.3 Å². The van der Waals surface area contributed by atoms with Crippen LogP contribution in [0.1, 0.15) is 80.6 Å². The summed E-state index contributed by atoms with van der Waals surface area (Å²) in [5, 5.41) is 41.8. The van der Waals surface area contributed by atoms with Gasteiger partial charge in [0, 0.05) is 0 Å². The molecule has 6 rings (SSSR count). The predicted octanol–water partition coefficient (Wildman–Crippen LogP) is -5.22. The number of fused-ring (bicyclic) bond motifs is 2. The lowest BCUT2D eigenvalue weighted by Crippen LogP contribution is -2.67. The van der Waals surface area contributed by atoms with E-state index < -0.39 is 95.3 Å². The summed E-state index contributed by atoms with van der Waals surface area (Å²) >= 11 is 0. The Hall–Kier alpha value is -3.40. The monoisotopic (exact) mass is 910 g/mol. The van der Waals surface area contributed by atoms with Gasteiger partial charge in [-0.3, -0.25) is 13.9 Å². The number of imidazole rings is 2. The van der Waals surface area contributed by atoms with Gasteiger partial charge in [-0.1, -0.05) is 0 Å². The van der Waals surface area contributed by atoms with Crippen LogP contribution >= 0.6 is 15.4 Å². The fraction of sp³-hybridized carbons (Fsp3) is 0.697. The molecule has 2 fully saturated rings. The maximum Gasteiger partial charge on any atom is 0.279 e. The van der Waals surface area contributed by atoms with Gasteiger partial charge >= 0.3 is 0 Å². The Morgan fingerprint density at radius 1 is 0.738 bits per heavy atom. The molecule has 346 valence electrons. The number of nitrogens with one attached hydrogen (secondary N) is 1. The average molecular weight is 911 g/mol. The molecule has 4 aromatic rings. The maximum absolute atomic E-state index is 12.9. The van der Waals surface area contributed by atoms with Crippen LogP contribution in [0, 0.1) is 0 Å². The lowest BCUT2D eigenvalue weighted by Gasteiger charge is -2.30. The van der Waals surface area contributed by atoms with Gasteiger partial charge in [0.15, 0.2) is 35.1 Å². The van der Waals surface area contributed by atoms with E-state index >= 15 is 0 Å². The highest BCUT2D eigenvalue weighted by Crippen LogP contribution is 2.42. The molecule has 0 spiro atoms.